The Labute approximate surface area is 171 Å². The number of benzene rings is 1. The summed E-state index contributed by atoms with van der Waals surface area (Å²) in [5.74, 6) is 0.417. The molecule has 154 valence electrons. The number of amides is 1. The van der Waals surface area contributed by atoms with E-state index in [4.69, 9.17) is 9.72 Å². The Hall–Kier alpha value is -2.31. The topological polar surface area (TPSA) is 45.7 Å². The number of piperidine rings is 1. The van der Waals surface area contributed by atoms with Gasteiger partial charge in [-0.2, -0.15) is 0 Å². The van der Waals surface area contributed by atoms with Gasteiger partial charge in [0.05, 0.1) is 19.8 Å². The van der Waals surface area contributed by atoms with Gasteiger partial charge < -0.3 is 9.64 Å². The van der Waals surface area contributed by atoms with E-state index in [0.717, 1.165) is 37.3 Å². The van der Waals surface area contributed by atoms with Gasteiger partial charge in [0.2, 0.25) is 5.91 Å². The maximum Gasteiger partial charge on any atom is 0.236 e. The quantitative estimate of drug-likeness (QED) is 0.778. The van der Waals surface area contributed by atoms with Gasteiger partial charge in [-0.15, -0.1) is 0 Å². The molecule has 0 unspecified atom stereocenters. The monoisotopic (exact) mass is 397 g/mol. The van der Waals surface area contributed by atoms with Crippen molar-refractivity contribution in [2.75, 3.05) is 45.9 Å². The summed E-state index contributed by atoms with van der Waals surface area (Å²) in [5, 5.41) is 0. The first kappa shape index (κ1) is 20.0. The van der Waals surface area contributed by atoms with Crippen molar-refractivity contribution < 1.29 is 13.9 Å². The van der Waals surface area contributed by atoms with Gasteiger partial charge in [0.25, 0.3) is 0 Å². The molecule has 2 aromatic rings. The summed E-state index contributed by atoms with van der Waals surface area (Å²) >= 11 is 0. The number of hydrogen-bond acceptors (Lipinski definition) is 4. The molecule has 2 fully saturated rings. The first-order chi connectivity index (χ1) is 14.2. The normalized spacial score (nSPS) is 18.7. The van der Waals surface area contributed by atoms with E-state index in [-0.39, 0.29) is 11.7 Å². The summed E-state index contributed by atoms with van der Waals surface area (Å²) in [5.41, 5.74) is 2.66. The van der Waals surface area contributed by atoms with Crippen LogP contribution in [0, 0.1) is 5.82 Å². The number of rotatable bonds is 5. The van der Waals surface area contributed by atoms with E-state index in [1.54, 1.807) is 6.07 Å². The second-order valence-electron chi connectivity index (χ2n) is 7.87. The molecule has 0 radical (unpaired) electrons. The molecule has 0 bridgehead atoms. The average molecular weight is 397 g/mol. The standard InChI is InChI=1S/C23H28FN3O2/c24-21-6-2-1-4-19(21)16-20-5-3-7-22(25-20)18-8-10-26(11-9-18)17-23(28)27-12-14-29-15-13-27/h1-7,18H,8-17H2. The highest BCUT2D eigenvalue weighted by atomic mass is 19.1. The number of hydrogen-bond donors (Lipinski definition) is 0. The van der Waals surface area contributed by atoms with Crippen LogP contribution in [-0.4, -0.2) is 66.6 Å². The fraction of sp³-hybridized carbons (Fsp3) is 0.478. The van der Waals surface area contributed by atoms with Crippen molar-refractivity contribution in [3.63, 3.8) is 0 Å². The lowest BCUT2D eigenvalue weighted by Gasteiger charge is -2.34. The lowest BCUT2D eigenvalue weighted by atomic mass is 9.92. The molecule has 1 aromatic carbocycles. The number of halogens is 1. The number of carbonyl (C=O) groups excluding carboxylic acids is 1. The zero-order valence-corrected chi connectivity index (χ0v) is 16.7. The van der Waals surface area contributed by atoms with Crippen molar-refractivity contribution in [3.8, 4) is 0 Å². The van der Waals surface area contributed by atoms with Crippen LogP contribution in [0.5, 0.6) is 0 Å². The summed E-state index contributed by atoms with van der Waals surface area (Å²) < 4.78 is 19.3. The molecule has 2 aliphatic heterocycles. The summed E-state index contributed by atoms with van der Waals surface area (Å²) in [6, 6.07) is 12.9. The lowest BCUT2D eigenvalue weighted by Crippen LogP contribution is -2.47. The highest BCUT2D eigenvalue weighted by molar-refractivity contribution is 5.78. The second-order valence-corrected chi connectivity index (χ2v) is 7.87. The van der Waals surface area contributed by atoms with E-state index in [2.05, 4.69) is 11.0 Å². The predicted molar refractivity (Wildman–Crippen MR) is 109 cm³/mol. The molecule has 0 saturated carbocycles. The van der Waals surface area contributed by atoms with Crippen LogP contribution in [0.15, 0.2) is 42.5 Å². The molecule has 1 amide bonds. The van der Waals surface area contributed by atoms with Crippen molar-refractivity contribution in [3.05, 3.63) is 65.2 Å². The Morgan fingerprint density at radius 2 is 1.79 bits per heavy atom. The third kappa shape index (κ3) is 5.19. The average Bonchev–Trinajstić information content (AvgIpc) is 2.77. The van der Waals surface area contributed by atoms with Crippen LogP contribution in [0.3, 0.4) is 0 Å². The summed E-state index contributed by atoms with van der Waals surface area (Å²) in [7, 11) is 0. The molecule has 0 spiro atoms. The maximum absolute atomic E-state index is 13.9. The molecule has 0 N–H and O–H groups in total. The zero-order valence-electron chi connectivity index (χ0n) is 16.7. The number of pyridine rings is 1. The third-order valence-electron chi connectivity index (χ3n) is 5.89. The second kappa shape index (κ2) is 9.46. The molecule has 2 aliphatic rings. The highest BCUT2D eigenvalue weighted by Crippen LogP contribution is 2.27. The zero-order chi connectivity index (χ0) is 20.1. The number of nitrogens with zero attached hydrogens (tertiary/aromatic N) is 3. The molecule has 0 aliphatic carbocycles. The number of carbonyl (C=O) groups is 1. The van der Waals surface area contributed by atoms with Gasteiger partial charge >= 0.3 is 0 Å². The van der Waals surface area contributed by atoms with Crippen LogP contribution in [-0.2, 0) is 16.0 Å². The van der Waals surface area contributed by atoms with Crippen molar-refractivity contribution in [1.82, 2.24) is 14.8 Å². The van der Waals surface area contributed by atoms with E-state index in [1.807, 2.05) is 29.2 Å². The van der Waals surface area contributed by atoms with Gasteiger partial charge in [0, 0.05) is 36.8 Å². The Morgan fingerprint density at radius 3 is 2.55 bits per heavy atom. The number of morpholine rings is 1. The molecular weight excluding hydrogens is 369 g/mol. The molecule has 1 aromatic heterocycles. The van der Waals surface area contributed by atoms with Crippen LogP contribution >= 0.6 is 0 Å². The molecule has 2 saturated heterocycles. The van der Waals surface area contributed by atoms with Crippen LogP contribution in [0.1, 0.15) is 35.7 Å². The van der Waals surface area contributed by atoms with E-state index in [9.17, 15) is 9.18 Å². The van der Waals surface area contributed by atoms with Gasteiger partial charge in [0.15, 0.2) is 0 Å². The molecule has 3 heterocycles. The molecule has 5 nitrogen and oxygen atoms in total. The molecule has 29 heavy (non-hydrogen) atoms. The SMILES string of the molecule is O=C(CN1CCC(c2cccc(Cc3ccccc3F)n2)CC1)N1CCOCC1. The first-order valence-electron chi connectivity index (χ1n) is 10.5. The van der Waals surface area contributed by atoms with Crippen LogP contribution < -0.4 is 0 Å². The van der Waals surface area contributed by atoms with E-state index in [1.165, 1.54) is 6.07 Å². The first-order valence-corrected chi connectivity index (χ1v) is 10.5. The number of likely N-dealkylation sites (tertiary alicyclic amines) is 1. The Kier molecular flexibility index (Phi) is 6.52. The van der Waals surface area contributed by atoms with E-state index in [0.29, 0.717) is 50.8 Å². The smallest absolute Gasteiger partial charge is 0.236 e. The van der Waals surface area contributed by atoms with E-state index < -0.39 is 0 Å². The van der Waals surface area contributed by atoms with Crippen LogP contribution in [0.25, 0.3) is 0 Å². The minimum atomic E-state index is -0.182. The van der Waals surface area contributed by atoms with E-state index >= 15 is 0 Å². The number of aromatic nitrogens is 1. The minimum absolute atomic E-state index is 0.182. The van der Waals surface area contributed by atoms with Gasteiger partial charge in [0.1, 0.15) is 5.82 Å². The predicted octanol–water partition coefficient (Wildman–Crippen LogP) is 2.85. The minimum Gasteiger partial charge on any atom is -0.378 e. The van der Waals surface area contributed by atoms with Crippen LogP contribution in [0.2, 0.25) is 0 Å². The Bertz CT molecular complexity index is 830. The van der Waals surface area contributed by atoms with Crippen molar-refractivity contribution in [1.29, 1.82) is 0 Å². The Morgan fingerprint density at radius 1 is 1.03 bits per heavy atom. The van der Waals surface area contributed by atoms with Crippen molar-refractivity contribution in [2.24, 2.45) is 0 Å². The van der Waals surface area contributed by atoms with Crippen LogP contribution in [0.4, 0.5) is 4.39 Å². The Balaban J connectivity index is 1.31. The van der Waals surface area contributed by atoms with Gasteiger partial charge in [-0.3, -0.25) is 14.7 Å². The van der Waals surface area contributed by atoms with Gasteiger partial charge in [-0.05, 0) is 49.7 Å². The van der Waals surface area contributed by atoms with Gasteiger partial charge in [-0.25, -0.2) is 4.39 Å². The van der Waals surface area contributed by atoms with Gasteiger partial charge in [-0.1, -0.05) is 24.3 Å². The largest absolute Gasteiger partial charge is 0.378 e. The molecule has 6 heteroatoms. The molecule has 4 rings (SSSR count). The highest BCUT2D eigenvalue weighted by Gasteiger charge is 2.25. The van der Waals surface area contributed by atoms with Crippen molar-refractivity contribution in [2.45, 2.75) is 25.2 Å². The fourth-order valence-corrected chi connectivity index (χ4v) is 4.15. The number of ether oxygens (including phenoxy) is 1. The maximum atomic E-state index is 13.9. The molecule has 0 atom stereocenters. The summed E-state index contributed by atoms with van der Waals surface area (Å²) in [4.78, 5) is 21.4. The van der Waals surface area contributed by atoms with Crippen molar-refractivity contribution >= 4 is 5.91 Å². The third-order valence-corrected chi connectivity index (χ3v) is 5.89. The summed E-state index contributed by atoms with van der Waals surface area (Å²) in [6.07, 6.45) is 2.49. The lowest BCUT2D eigenvalue weighted by molar-refractivity contribution is -0.136. The summed E-state index contributed by atoms with van der Waals surface area (Å²) in [6.45, 7) is 4.99. The molecular formula is C23H28FN3O2. The fourth-order valence-electron chi connectivity index (χ4n) is 4.15.